The lowest BCUT2D eigenvalue weighted by atomic mass is 10.1. The molecule has 2 aliphatic heterocycles. The minimum atomic E-state index is 0.153. The second kappa shape index (κ2) is 8.99. The molecular formula is C19H26N4O3. The van der Waals surface area contributed by atoms with Crippen molar-refractivity contribution in [2.45, 2.75) is 19.0 Å². The second-order valence-electron chi connectivity index (χ2n) is 6.72. The Morgan fingerprint density at radius 3 is 2.88 bits per heavy atom. The van der Waals surface area contributed by atoms with Crippen LogP contribution in [0.1, 0.15) is 17.5 Å². The van der Waals surface area contributed by atoms with Gasteiger partial charge in [0.15, 0.2) is 0 Å². The molecule has 2 heterocycles. The molecule has 7 nitrogen and oxygen atoms in total. The van der Waals surface area contributed by atoms with Gasteiger partial charge in [0.1, 0.15) is 11.8 Å². The van der Waals surface area contributed by atoms with Gasteiger partial charge >= 0.3 is 0 Å². The number of nitrogens with one attached hydrogen (secondary N) is 1. The normalized spacial score (nSPS) is 21.0. The van der Waals surface area contributed by atoms with Gasteiger partial charge in [0.25, 0.3) is 0 Å². The van der Waals surface area contributed by atoms with Crippen molar-refractivity contribution in [1.82, 2.24) is 15.1 Å². The Labute approximate surface area is 154 Å². The van der Waals surface area contributed by atoms with Crippen LogP contribution in [-0.2, 0) is 16.1 Å². The van der Waals surface area contributed by atoms with Crippen LogP contribution in [0.15, 0.2) is 18.2 Å². The molecule has 2 saturated heterocycles. The molecule has 1 amide bonds. The molecule has 2 aliphatic rings. The zero-order valence-electron chi connectivity index (χ0n) is 15.2. The first-order valence-corrected chi connectivity index (χ1v) is 9.08. The molecule has 0 aromatic heterocycles. The Hall–Kier alpha value is -2.14. The number of amides is 1. The Morgan fingerprint density at radius 2 is 2.15 bits per heavy atom. The van der Waals surface area contributed by atoms with E-state index in [-0.39, 0.29) is 11.9 Å². The van der Waals surface area contributed by atoms with E-state index < -0.39 is 0 Å². The molecule has 26 heavy (non-hydrogen) atoms. The summed E-state index contributed by atoms with van der Waals surface area (Å²) in [7, 11) is 1.56. The number of hydrogen-bond acceptors (Lipinski definition) is 6. The molecule has 0 saturated carbocycles. The quantitative estimate of drug-likeness (QED) is 0.769. The first-order chi connectivity index (χ1) is 12.7. The molecule has 0 bridgehead atoms. The predicted octanol–water partition coefficient (Wildman–Crippen LogP) is 0.590. The lowest BCUT2D eigenvalue weighted by Crippen LogP contribution is -2.42. The molecule has 140 valence electrons. The van der Waals surface area contributed by atoms with E-state index in [0.717, 1.165) is 51.5 Å². The van der Waals surface area contributed by atoms with Gasteiger partial charge < -0.3 is 19.7 Å². The van der Waals surface area contributed by atoms with Crippen LogP contribution in [0.4, 0.5) is 0 Å². The molecule has 1 N–H and O–H groups in total. The average molecular weight is 358 g/mol. The van der Waals surface area contributed by atoms with Crippen LogP contribution >= 0.6 is 0 Å². The standard InChI is InChI=1S/C19H26N4O3/c1-25-18-3-2-15(10-16(18)12-20)13-21-17-11-19(24)23(14-17)5-4-22-6-8-26-9-7-22/h2-3,10,17,21H,4-9,11,13-14H2,1H3/t17-/m1/s1. The van der Waals surface area contributed by atoms with Gasteiger partial charge in [-0.05, 0) is 17.7 Å². The molecule has 1 aromatic carbocycles. The zero-order chi connectivity index (χ0) is 18.4. The highest BCUT2D eigenvalue weighted by molar-refractivity contribution is 5.79. The number of carbonyl (C=O) groups excluding carboxylic acids is 1. The number of methoxy groups -OCH3 is 1. The van der Waals surface area contributed by atoms with E-state index in [1.165, 1.54) is 0 Å². The van der Waals surface area contributed by atoms with Crippen molar-refractivity contribution in [2.24, 2.45) is 0 Å². The summed E-state index contributed by atoms with van der Waals surface area (Å²) in [5.41, 5.74) is 1.54. The number of ether oxygens (including phenoxy) is 2. The minimum Gasteiger partial charge on any atom is -0.495 e. The van der Waals surface area contributed by atoms with Gasteiger partial charge in [-0.3, -0.25) is 9.69 Å². The van der Waals surface area contributed by atoms with E-state index in [0.29, 0.717) is 24.3 Å². The zero-order valence-corrected chi connectivity index (χ0v) is 15.2. The second-order valence-corrected chi connectivity index (χ2v) is 6.72. The molecule has 1 aromatic rings. The highest BCUT2D eigenvalue weighted by Gasteiger charge is 2.29. The Morgan fingerprint density at radius 1 is 1.35 bits per heavy atom. The minimum absolute atomic E-state index is 0.153. The van der Waals surface area contributed by atoms with E-state index in [1.54, 1.807) is 7.11 Å². The maximum absolute atomic E-state index is 12.2. The largest absolute Gasteiger partial charge is 0.495 e. The number of benzene rings is 1. The number of nitrogens with zero attached hydrogens (tertiary/aromatic N) is 3. The van der Waals surface area contributed by atoms with Crippen molar-refractivity contribution in [3.8, 4) is 11.8 Å². The highest BCUT2D eigenvalue weighted by Crippen LogP contribution is 2.19. The molecule has 7 heteroatoms. The van der Waals surface area contributed by atoms with Crippen LogP contribution in [0.5, 0.6) is 5.75 Å². The molecule has 0 unspecified atom stereocenters. The first-order valence-electron chi connectivity index (χ1n) is 9.08. The van der Waals surface area contributed by atoms with Gasteiger partial charge in [0.2, 0.25) is 5.91 Å². The van der Waals surface area contributed by atoms with E-state index in [9.17, 15) is 10.1 Å². The van der Waals surface area contributed by atoms with Crippen LogP contribution in [0.3, 0.4) is 0 Å². The molecule has 2 fully saturated rings. The fraction of sp³-hybridized carbons (Fsp3) is 0.579. The topological polar surface area (TPSA) is 77.8 Å². The summed E-state index contributed by atoms with van der Waals surface area (Å²) in [6, 6.07) is 7.89. The number of carbonyl (C=O) groups is 1. The number of rotatable bonds is 7. The monoisotopic (exact) mass is 358 g/mol. The number of likely N-dealkylation sites (tertiary alicyclic amines) is 1. The smallest absolute Gasteiger partial charge is 0.224 e. The van der Waals surface area contributed by atoms with Crippen LogP contribution in [0.2, 0.25) is 0 Å². The van der Waals surface area contributed by atoms with Crippen molar-refractivity contribution in [3.05, 3.63) is 29.3 Å². The van der Waals surface area contributed by atoms with Gasteiger partial charge in [-0.25, -0.2) is 0 Å². The van der Waals surface area contributed by atoms with Crippen LogP contribution in [-0.4, -0.2) is 74.8 Å². The Balaban J connectivity index is 1.46. The summed E-state index contributed by atoms with van der Waals surface area (Å²) in [5.74, 6) is 0.796. The van der Waals surface area contributed by atoms with Gasteiger partial charge in [-0.1, -0.05) is 6.07 Å². The predicted molar refractivity (Wildman–Crippen MR) is 96.8 cm³/mol. The number of morpholine rings is 1. The van der Waals surface area contributed by atoms with E-state index in [1.807, 2.05) is 23.1 Å². The third-order valence-electron chi connectivity index (χ3n) is 4.98. The van der Waals surface area contributed by atoms with Crippen molar-refractivity contribution < 1.29 is 14.3 Å². The molecular weight excluding hydrogens is 332 g/mol. The average Bonchev–Trinajstić information content (AvgIpc) is 3.05. The Kier molecular flexibility index (Phi) is 6.45. The van der Waals surface area contributed by atoms with Crippen molar-refractivity contribution in [2.75, 3.05) is 53.0 Å². The van der Waals surface area contributed by atoms with E-state index in [2.05, 4.69) is 16.3 Å². The molecule has 0 spiro atoms. The molecule has 3 rings (SSSR count). The molecule has 0 radical (unpaired) electrons. The van der Waals surface area contributed by atoms with Crippen molar-refractivity contribution >= 4 is 5.91 Å². The van der Waals surface area contributed by atoms with Gasteiger partial charge in [-0.2, -0.15) is 5.26 Å². The van der Waals surface area contributed by atoms with Crippen LogP contribution < -0.4 is 10.1 Å². The van der Waals surface area contributed by atoms with Gasteiger partial charge in [0.05, 0.1) is 25.9 Å². The SMILES string of the molecule is COc1ccc(CN[C@@H]2CC(=O)N(CCN3CCOCC3)C2)cc1C#N. The number of hydrogen-bond donors (Lipinski definition) is 1. The highest BCUT2D eigenvalue weighted by atomic mass is 16.5. The van der Waals surface area contributed by atoms with Crippen LogP contribution in [0, 0.1) is 11.3 Å². The number of nitriles is 1. The van der Waals surface area contributed by atoms with Gasteiger partial charge in [-0.15, -0.1) is 0 Å². The fourth-order valence-electron chi connectivity index (χ4n) is 3.43. The van der Waals surface area contributed by atoms with E-state index in [4.69, 9.17) is 9.47 Å². The van der Waals surface area contributed by atoms with Gasteiger partial charge in [0, 0.05) is 51.7 Å². The third-order valence-corrected chi connectivity index (χ3v) is 4.98. The summed E-state index contributed by atoms with van der Waals surface area (Å²) >= 11 is 0. The molecule has 1 atom stereocenters. The lowest BCUT2D eigenvalue weighted by Gasteiger charge is -2.28. The summed E-state index contributed by atoms with van der Waals surface area (Å²) in [6.45, 7) is 6.52. The summed E-state index contributed by atoms with van der Waals surface area (Å²) in [5, 5.41) is 12.6. The molecule has 0 aliphatic carbocycles. The third kappa shape index (κ3) is 4.73. The summed E-state index contributed by atoms with van der Waals surface area (Å²) in [4.78, 5) is 16.5. The maximum Gasteiger partial charge on any atom is 0.224 e. The Bertz CT molecular complexity index is 667. The van der Waals surface area contributed by atoms with Crippen LogP contribution in [0.25, 0.3) is 0 Å². The van der Waals surface area contributed by atoms with Crippen molar-refractivity contribution in [1.29, 1.82) is 5.26 Å². The maximum atomic E-state index is 12.2. The lowest BCUT2D eigenvalue weighted by molar-refractivity contribution is -0.128. The first kappa shape index (κ1) is 18.6. The van der Waals surface area contributed by atoms with E-state index >= 15 is 0 Å². The summed E-state index contributed by atoms with van der Waals surface area (Å²) < 4.78 is 10.5. The van der Waals surface area contributed by atoms with Crippen molar-refractivity contribution in [3.63, 3.8) is 0 Å². The fourth-order valence-corrected chi connectivity index (χ4v) is 3.43. The summed E-state index contributed by atoms with van der Waals surface area (Å²) in [6.07, 6.45) is 0.532.